The van der Waals surface area contributed by atoms with Crippen LogP contribution in [0.15, 0.2) is 30.5 Å². The van der Waals surface area contributed by atoms with E-state index in [1.54, 1.807) is 24.4 Å². The minimum Gasteiger partial charge on any atom is -0.495 e. The molecular weight excluding hydrogens is 338 g/mol. The van der Waals surface area contributed by atoms with Crippen molar-refractivity contribution in [1.29, 1.82) is 0 Å². The summed E-state index contributed by atoms with van der Waals surface area (Å²) >= 11 is 6.10. The van der Waals surface area contributed by atoms with E-state index < -0.39 is 0 Å². The Morgan fingerprint density at radius 2 is 2.12 bits per heavy atom. The molecule has 5 nitrogen and oxygen atoms in total. The van der Waals surface area contributed by atoms with Crippen LogP contribution in [0.1, 0.15) is 35.8 Å². The minimum absolute atomic E-state index is 0.286. The van der Waals surface area contributed by atoms with E-state index in [0.29, 0.717) is 22.2 Å². The first-order valence-electron chi connectivity index (χ1n) is 8.29. The molecule has 1 aromatic carbocycles. The average Bonchev–Trinajstić information content (AvgIpc) is 2.62. The summed E-state index contributed by atoms with van der Waals surface area (Å²) in [5.41, 5.74) is 2.75. The Bertz CT molecular complexity index is 749. The molecule has 0 aliphatic rings. The van der Waals surface area contributed by atoms with Crippen molar-refractivity contribution in [2.75, 3.05) is 30.9 Å². The van der Waals surface area contributed by atoms with Crippen LogP contribution in [0.25, 0.3) is 0 Å². The molecule has 6 heteroatoms. The van der Waals surface area contributed by atoms with Crippen molar-refractivity contribution in [3.8, 4) is 5.75 Å². The van der Waals surface area contributed by atoms with Crippen LogP contribution in [0.2, 0.25) is 5.02 Å². The third-order valence-electron chi connectivity index (χ3n) is 3.99. The fourth-order valence-electron chi connectivity index (χ4n) is 2.42. The maximum Gasteiger partial charge on any atom is 0.274 e. The van der Waals surface area contributed by atoms with Crippen molar-refractivity contribution in [3.63, 3.8) is 0 Å². The van der Waals surface area contributed by atoms with E-state index in [2.05, 4.69) is 22.1 Å². The second-order valence-corrected chi connectivity index (χ2v) is 6.34. The number of aromatic nitrogens is 1. The summed E-state index contributed by atoms with van der Waals surface area (Å²) in [4.78, 5) is 18.9. The molecule has 25 heavy (non-hydrogen) atoms. The summed E-state index contributed by atoms with van der Waals surface area (Å²) in [6.45, 7) is 4.96. The van der Waals surface area contributed by atoms with Gasteiger partial charge in [-0.15, -0.1) is 0 Å². The number of unbranched alkanes of at least 4 members (excludes halogenated alkanes) is 1. The van der Waals surface area contributed by atoms with Crippen LogP contribution >= 0.6 is 11.6 Å². The molecule has 0 aliphatic carbocycles. The van der Waals surface area contributed by atoms with E-state index in [0.717, 1.165) is 30.6 Å². The van der Waals surface area contributed by atoms with Gasteiger partial charge >= 0.3 is 0 Å². The lowest BCUT2D eigenvalue weighted by atomic mass is 10.2. The molecule has 0 aliphatic heterocycles. The molecule has 0 bridgehead atoms. The topological polar surface area (TPSA) is 54.5 Å². The monoisotopic (exact) mass is 361 g/mol. The molecule has 134 valence electrons. The number of carbonyl (C=O) groups is 1. The first kappa shape index (κ1) is 19.1. The number of aryl methyl sites for hydroxylation is 1. The van der Waals surface area contributed by atoms with Crippen LogP contribution in [0.3, 0.4) is 0 Å². The predicted octanol–water partition coefficient (Wildman–Crippen LogP) is 4.54. The Kier molecular flexibility index (Phi) is 6.65. The van der Waals surface area contributed by atoms with Gasteiger partial charge in [-0.3, -0.25) is 9.78 Å². The lowest BCUT2D eigenvalue weighted by Gasteiger charge is -2.19. The zero-order valence-corrected chi connectivity index (χ0v) is 15.9. The first-order valence-corrected chi connectivity index (χ1v) is 8.66. The number of halogens is 1. The van der Waals surface area contributed by atoms with Crippen molar-refractivity contribution >= 4 is 28.9 Å². The summed E-state index contributed by atoms with van der Waals surface area (Å²) in [6.07, 6.45) is 3.87. The first-order chi connectivity index (χ1) is 12.0. The van der Waals surface area contributed by atoms with Crippen LogP contribution in [-0.2, 0) is 0 Å². The summed E-state index contributed by atoms with van der Waals surface area (Å²) in [7, 11) is 3.55. The smallest absolute Gasteiger partial charge is 0.274 e. The van der Waals surface area contributed by atoms with Gasteiger partial charge in [-0.1, -0.05) is 24.9 Å². The summed E-state index contributed by atoms with van der Waals surface area (Å²) < 4.78 is 5.30. The highest BCUT2D eigenvalue weighted by molar-refractivity contribution is 6.31. The van der Waals surface area contributed by atoms with E-state index in [-0.39, 0.29) is 5.91 Å². The molecular formula is C19H24ClN3O2. The van der Waals surface area contributed by atoms with Crippen LogP contribution in [0, 0.1) is 6.92 Å². The largest absolute Gasteiger partial charge is 0.495 e. The van der Waals surface area contributed by atoms with Crippen molar-refractivity contribution in [2.45, 2.75) is 26.7 Å². The molecule has 0 saturated carbocycles. The number of benzene rings is 1. The van der Waals surface area contributed by atoms with Crippen molar-refractivity contribution in [1.82, 2.24) is 4.98 Å². The second kappa shape index (κ2) is 8.72. The highest BCUT2D eigenvalue weighted by Crippen LogP contribution is 2.31. The van der Waals surface area contributed by atoms with Crippen LogP contribution in [0.4, 0.5) is 11.4 Å². The van der Waals surface area contributed by atoms with Gasteiger partial charge in [0.1, 0.15) is 11.4 Å². The quantitative estimate of drug-likeness (QED) is 0.786. The Hall–Kier alpha value is -2.27. The van der Waals surface area contributed by atoms with E-state index >= 15 is 0 Å². The molecule has 1 heterocycles. The summed E-state index contributed by atoms with van der Waals surface area (Å²) in [5, 5.41) is 3.44. The summed E-state index contributed by atoms with van der Waals surface area (Å²) in [6, 6.07) is 7.17. The van der Waals surface area contributed by atoms with Gasteiger partial charge in [0.25, 0.3) is 5.91 Å². The number of rotatable bonds is 7. The summed E-state index contributed by atoms with van der Waals surface area (Å²) in [5.74, 6) is 0.228. The number of amides is 1. The zero-order valence-electron chi connectivity index (χ0n) is 15.1. The predicted molar refractivity (Wildman–Crippen MR) is 103 cm³/mol. The molecule has 0 radical (unpaired) electrons. The van der Waals surface area contributed by atoms with Gasteiger partial charge in [-0.2, -0.15) is 0 Å². The Morgan fingerprint density at radius 1 is 1.36 bits per heavy atom. The number of methoxy groups -OCH3 is 1. The second-order valence-electron chi connectivity index (χ2n) is 5.93. The Morgan fingerprint density at radius 3 is 2.80 bits per heavy atom. The van der Waals surface area contributed by atoms with E-state index in [1.807, 2.05) is 20.0 Å². The SMILES string of the molecule is CCCCN(C)c1ccnc(C(=O)Nc2cc(C)c(Cl)cc2OC)c1. The number of nitrogens with one attached hydrogen (secondary N) is 1. The van der Waals surface area contributed by atoms with Crippen molar-refractivity contribution < 1.29 is 9.53 Å². The minimum atomic E-state index is -0.286. The molecule has 0 spiro atoms. The number of hydrogen-bond acceptors (Lipinski definition) is 4. The number of hydrogen-bond donors (Lipinski definition) is 1. The average molecular weight is 362 g/mol. The van der Waals surface area contributed by atoms with Crippen molar-refractivity contribution in [3.05, 3.63) is 46.7 Å². The van der Waals surface area contributed by atoms with Gasteiger partial charge in [0.15, 0.2) is 0 Å². The molecule has 2 rings (SSSR count). The Balaban J connectivity index is 2.20. The highest BCUT2D eigenvalue weighted by atomic mass is 35.5. The lowest BCUT2D eigenvalue weighted by Crippen LogP contribution is -2.20. The maximum absolute atomic E-state index is 12.6. The van der Waals surface area contributed by atoms with Gasteiger partial charge in [0, 0.05) is 36.6 Å². The fraction of sp³-hybridized carbons (Fsp3) is 0.368. The molecule has 0 saturated heterocycles. The van der Waals surface area contributed by atoms with Gasteiger partial charge < -0.3 is 15.0 Å². The van der Waals surface area contributed by atoms with Crippen molar-refractivity contribution in [2.24, 2.45) is 0 Å². The molecule has 2 aromatic rings. The molecule has 0 unspecified atom stereocenters. The third-order valence-corrected chi connectivity index (χ3v) is 4.40. The van der Waals surface area contributed by atoms with Crippen LogP contribution in [-0.4, -0.2) is 31.6 Å². The normalized spacial score (nSPS) is 10.4. The number of ether oxygens (including phenoxy) is 1. The number of pyridine rings is 1. The van der Waals surface area contributed by atoms with Crippen LogP contribution < -0.4 is 15.0 Å². The zero-order chi connectivity index (χ0) is 18.4. The molecule has 1 aromatic heterocycles. The maximum atomic E-state index is 12.6. The number of nitrogens with zero attached hydrogens (tertiary/aromatic N) is 2. The fourth-order valence-corrected chi connectivity index (χ4v) is 2.58. The van der Waals surface area contributed by atoms with Crippen LogP contribution in [0.5, 0.6) is 5.75 Å². The number of carbonyl (C=O) groups excluding carboxylic acids is 1. The molecule has 0 atom stereocenters. The van der Waals surface area contributed by atoms with Gasteiger partial charge in [0.05, 0.1) is 12.8 Å². The van der Waals surface area contributed by atoms with E-state index in [1.165, 1.54) is 7.11 Å². The van der Waals surface area contributed by atoms with E-state index in [9.17, 15) is 4.79 Å². The van der Waals surface area contributed by atoms with Gasteiger partial charge in [-0.25, -0.2) is 0 Å². The Labute approximate surface area is 154 Å². The third kappa shape index (κ3) is 4.86. The van der Waals surface area contributed by atoms with Gasteiger partial charge in [0.2, 0.25) is 0 Å². The highest BCUT2D eigenvalue weighted by Gasteiger charge is 2.14. The number of anilines is 2. The lowest BCUT2D eigenvalue weighted by molar-refractivity contribution is 0.102. The molecule has 0 fully saturated rings. The molecule has 1 N–H and O–H groups in total. The standard InChI is InChI=1S/C19H24ClN3O2/c1-5-6-9-23(3)14-7-8-21-17(11-14)19(24)22-16-10-13(2)15(20)12-18(16)25-4/h7-8,10-12H,5-6,9H2,1-4H3,(H,22,24). The van der Waals surface area contributed by atoms with E-state index in [4.69, 9.17) is 16.3 Å². The van der Waals surface area contributed by atoms with Gasteiger partial charge in [-0.05, 0) is 37.1 Å². The molecule has 1 amide bonds.